The molecule has 16 heavy (non-hydrogen) atoms. The summed E-state index contributed by atoms with van der Waals surface area (Å²) in [5.41, 5.74) is 5.03. The van der Waals surface area contributed by atoms with Crippen LogP contribution in [0.3, 0.4) is 0 Å². The third-order valence-electron chi connectivity index (χ3n) is 1.59. The number of anilines is 1. The second-order valence-corrected chi connectivity index (χ2v) is 3.21. The molecule has 1 rings (SSSR count). The number of nitrogens with one attached hydrogen (secondary N) is 2. The molecule has 0 aliphatic heterocycles. The van der Waals surface area contributed by atoms with Crippen LogP contribution in [-0.4, -0.2) is 24.6 Å². The molecule has 0 saturated carbocycles. The number of carbonyl (C=O) groups excluding carboxylic acids is 1. The highest BCUT2D eigenvalue weighted by atomic mass is 35.5. The van der Waals surface area contributed by atoms with E-state index >= 15 is 0 Å². The van der Waals surface area contributed by atoms with Gasteiger partial charge < -0.3 is 4.74 Å². The van der Waals surface area contributed by atoms with Crippen molar-refractivity contribution in [1.82, 2.24) is 10.4 Å². The van der Waals surface area contributed by atoms with Crippen molar-refractivity contribution in [1.29, 1.82) is 0 Å². The molecule has 2 N–H and O–H groups in total. The molecular weight excluding hydrogens is 230 g/mol. The predicted octanol–water partition coefficient (Wildman–Crippen LogP) is 1.38. The highest BCUT2D eigenvalue weighted by Crippen LogP contribution is 2.15. The number of nitrogens with zero attached hydrogens (tertiary/aromatic N) is 1. The van der Waals surface area contributed by atoms with Crippen LogP contribution in [-0.2, 0) is 9.53 Å². The van der Waals surface area contributed by atoms with Crippen molar-refractivity contribution in [2.75, 3.05) is 19.1 Å². The second kappa shape index (κ2) is 6.81. The Balaban J connectivity index is 2.40. The molecule has 0 radical (unpaired) electrons. The molecule has 1 aromatic heterocycles. The van der Waals surface area contributed by atoms with Crippen LogP contribution < -0.4 is 10.9 Å². The van der Waals surface area contributed by atoms with Crippen molar-refractivity contribution in [3.63, 3.8) is 0 Å². The summed E-state index contributed by atoms with van der Waals surface area (Å²) in [6.45, 7) is 0.387. The Bertz CT molecular complexity index is 382. The van der Waals surface area contributed by atoms with E-state index in [-0.39, 0.29) is 5.91 Å². The van der Waals surface area contributed by atoms with Crippen molar-refractivity contribution in [3.8, 4) is 0 Å². The van der Waals surface area contributed by atoms with Crippen molar-refractivity contribution in [2.24, 2.45) is 0 Å². The van der Waals surface area contributed by atoms with Crippen LogP contribution in [0.15, 0.2) is 30.5 Å². The van der Waals surface area contributed by atoms with Gasteiger partial charge in [-0.25, -0.2) is 4.98 Å². The summed E-state index contributed by atoms with van der Waals surface area (Å²) < 4.78 is 4.75. The zero-order valence-corrected chi connectivity index (χ0v) is 9.49. The molecule has 0 aliphatic carbocycles. The average Bonchev–Trinajstić information content (AvgIpc) is 2.28. The Morgan fingerprint density at radius 2 is 2.50 bits per heavy atom. The standard InChI is InChI=1S/C10H12ClN3O2/c1-16-7-3-5-9(15)13-14-10-8(11)4-2-6-12-10/h2-6H,7H2,1H3,(H,12,14)(H,13,15). The SMILES string of the molecule is COCC=CC(=O)NNc1ncccc1Cl. The van der Waals surface area contributed by atoms with Gasteiger partial charge in [0, 0.05) is 19.4 Å². The first-order valence-corrected chi connectivity index (χ1v) is 4.94. The molecule has 0 unspecified atom stereocenters. The number of pyridine rings is 1. The fourth-order valence-corrected chi connectivity index (χ4v) is 1.06. The van der Waals surface area contributed by atoms with Gasteiger partial charge in [-0.15, -0.1) is 0 Å². The molecular formula is C10H12ClN3O2. The molecule has 6 heteroatoms. The third kappa shape index (κ3) is 4.29. The topological polar surface area (TPSA) is 63.2 Å². The lowest BCUT2D eigenvalue weighted by atomic mass is 10.4. The number of rotatable bonds is 5. The van der Waals surface area contributed by atoms with Gasteiger partial charge in [0.05, 0.1) is 11.6 Å². The molecule has 1 heterocycles. The summed E-state index contributed by atoms with van der Waals surface area (Å²) in [5, 5.41) is 0.434. The van der Waals surface area contributed by atoms with Gasteiger partial charge in [0.2, 0.25) is 0 Å². The van der Waals surface area contributed by atoms with Gasteiger partial charge in [-0.05, 0) is 12.1 Å². The van der Waals surface area contributed by atoms with Crippen molar-refractivity contribution in [3.05, 3.63) is 35.5 Å². The summed E-state index contributed by atoms with van der Waals surface area (Å²) in [6, 6.07) is 3.37. The maximum atomic E-state index is 11.2. The summed E-state index contributed by atoms with van der Waals surface area (Å²) in [4.78, 5) is 15.2. The molecule has 0 atom stereocenters. The quantitative estimate of drug-likeness (QED) is 0.604. The van der Waals surface area contributed by atoms with E-state index in [1.54, 1.807) is 31.5 Å². The minimum absolute atomic E-state index is 0.307. The zero-order chi connectivity index (χ0) is 11.8. The van der Waals surface area contributed by atoms with Gasteiger partial charge in [0.25, 0.3) is 5.91 Å². The smallest absolute Gasteiger partial charge is 0.262 e. The summed E-state index contributed by atoms with van der Waals surface area (Å²) >= 11 is 5.82. The van der Waals surface area contributed by atoms with E-state index in [1.165, 1.54) is 6.08 Å². The Morgan fingerprint density at radius 1 is 1.69 bits per heavy atom. The Hall–Kier alpha value is -1.59. The lowest BCUT2D eigenvalue weighted by Crippen LogP contribution is -2.28. The number of amides is 1. The van der Waals surface area contributed by atoms with Gasteiger partial charge in [-0.1, -0.05) is 17.7 Å². The number of methoxy groups -OCH3 is 1. The second-order valence-electron chi connectivity index (χ2n) is 2.81. The van der Waals surface area contributed by atoms with E-state index in [0.29, 0.717) is 17.4 Å². The molecule has 1 aromatic rings. The van der Waals surface area contributed by atoms with Gasteiger partial charge in [-0.3, -0.25) is 15.6 Å². The van der Waals surface area contributed by atoms with Gasteiger partial charge in [-0.2, -0.15) is 0 Å². The number of hydrazine groups is 1. The molecule has 0 aromatic carbocycles. The fourth-order valence-electron chi connectivity index (χ4n) is 0.892. The van der Waals surface area contributed by atoms with Crippen LogP contribution in [0.25, 0.3) is 0 Å². The number of halogens is 1. The van der Waals surface area contributed by atoms with E-state index in [4.69, 9.17) is 16.3 Å². The molecule has 86 valence electrons. The van der Waals surface area contributed by atoms with Gasteiger partial charge in [0.15, 0.2) is 5.82 Å². The summed E-state index contributed by atoms with van der Waals surface area (Å²) in [6.07, 6.45) is 4.52. The van der Waals surface area contributed by atoms with Crippen molar-refractivity contribution >= 4 is 23.3 Å². The van der Waals surface area contributed by atoms with Crippen LogP contribution >= 0.6 is 11.6 Å². The normalized spacial score (nSPS) is 10.4. The molecule has 0 fully saturated rings. The zero-order valence-electron chi connectivity index (χ0n) is 8.74. The monoisotopic (exact) mass is 241 g/mol. The van der Waals surface area contributed by atoms with Crippen LogP contribution in [0.5, 0.6) is 0 Å². The van der Waals surface area contributed by atoms with E-state index in [2.05, 4.69) is 15.8 Å². The highest BCUT2D eigenvalue weighted by Gasteiger charge is 2.00. The lowest BCUT2D eigenvalue weighted by molar-refractivity contribution is -0.116. The Labute approximate surface area is 98.4 Å². The van der Waals surface area contributed by atoms with Crippen molar-refractivity contribution in [2.45, 2.75) is 0 Å². The van der Waals surface area contributed by atoms with E-state index in [1.807, 2.05) is 0 Å². The van der Waals surface area contributed by atoms with Crippen LogP contribution in [0.4, 0.5) is 5.82 Å². The van der Waals surface area contributed by atoms with Gasteiger partial charge >= 0.3 is 0 Å². The predicted molar refractivity (Wildman–Crippen MR) is 62.0 cm³/mol. The minimum atomic E-state index is -0.307. The number of ether oxygens (including phenoxy) is 1. The maximum Gasteiger partial charge on any atom is 0.262 e. The fraction of sp³-hybridized carbons (Fsp3) is 0.200. The molecule has 5 nitrogen and oxygen atoms in total. The number of hydrogen-bond donors (Lipinski definition) is 2. The summed E-state index contributed by atoms with van der Waals surface area (Å²) in [5.74, 6) is 0.0939. The molecule has 0 saturated heterocycles. The van der Waals surface area contributed by atoms with Crippen LogP contribution in [0.1, 0.15) is 0 Å². The average molecular weight is 242 g/mol. The first-order valence-electron chi connectivity index (χ1n) is 4.56. The van der Waals surface area contributed by atoms with E-state index in [9.17, 15) is 4.79 Å². The molecule has 0 spiro atoms. The van der Waals surface area contributed by atoms with Crippen molar-refractivity contribution < 1.29 is 9.53 Å². The van der Waals surface area contributed by atoms with Crippen LogP contribution in [0.2, 0.25) is 5.02 Å². The largest absolute Gasteiger partial charge is 0.381 e. The number of carbonyl (C=O) groups is 1. The summed E-state index contributed by atoms with van der Waals surface area (Å²) in [7, 11) is 1.55. The van der Waals surface area contributed by atoms with E-state index < -0.39 is 0 Å². The molecule has 0 bridgehead atoms. The molecule has 0 aliphatic rings. The minimum Gasteiger partial charge on any atom is -0.381 e. The number of hydrogen-bond acceptors (Lipinski definition) is 4. The van der Waals surface area contributed by atoms with Gasteiger partial charge in [0.1, 0.15) is 0 Å². The molecule has 1 amide bonds. The Kier molecular flexibility index (Phi) is 5.31. The Morgan fingerprint density at radius 3 is 3.19 bits per heavy atom. The third-order valence-corrected chi connectivity index (χ3v) is 1.90. The maximum absolute atomic E-state index is 11.2. The van der Waals surface area contributed by atoms with E-state index in [0.717, 1.165) is 0 Å². The highest BCUT2D eigenvalue weighted by molar-refractivity contribution is 6.32. The first-order chi connectivity index (χ1) is 7.74. The van der Waals surface area contributed by atoms with Crippen LogP contribution in [0, 0.1) is 0 Å². The first kappa shape index (κ1) is 12.5. The number of aromatic nitrogens is 1. The lowest BCUT2D eigenvalue weighted by Gasteiger charge is -2.06.